The molecule has 2 aromatic heterocycles. The van der Waals surface area contributed by atoms with Gasteiger partial charge in [0.2, 0.25) is 0 Å². The van der Waals surface area contributed by atoms with E-state index in [2.05, 4.69) is 82.3 Å². The third kappa shape index (κ3) is 3.11. The van der Waals surface area contributed by atoms with Gasteiger partial charge in [-0.15, -0.1) is 0 Å². The minimum absolute atomic E-state index is 0.100. The maximum atomic E-state index is 5.12. The number of hydrogen-bond acceptors (Lipinski definition) is 4. The molecule has 6 rings (SSSR count). The summed E-state index contributed by atoms with van der Waals surface area (Å²) < 4.78 is 2.01. The highest BCUT2D eigenvalue weighted by Crippen LogP contribution is 2.44. The van der Waals surface area contributed by atoms with Crippen LogP contribution in [0.1, 0.15) is 17.2 Å². The molecule has 0 bridgehead atoms. The second-order valence-electron chi connectivity index (χ2n) is 7.75. The van der Waals surface area contributed by atoms with Crippen molar-refractivity contribution in [2.75, 3.05) is 10.6 Å². The molecule has 5 aromatic rings. The molecule has 154 valence electrons. The maximum Gasteiger partial charge on any atom is 0.140 e. The van der Waals surface area contributed by atoms with Gasteiger partial charge in [0.05, 0.1) is 23.1 Å². The lowest BCUT2D eigenvalue weighted by Crippen LogP contribution is -2.12. The molecule has 3 aromatic carbocycles. The number of hydrogen-bond donors (Lipinski definition) is 2. The maximum absolute atomic E-state index is 5.12. The minimum Gasteiger partial charge on any atom is -0.372 e. The molecular weight excluding hydrogens is 394 g/mol. The minimum atomic E-state index is -0.100. The van der Waals surface area contributed by atoms with E-state index in [1.54, 1.807) is 0 Å². The largest absolute Gasteiger partial charge is 0.372 e. The summed E-state index contributed by atoms with van der Waals surface area (Å²) in [6, 6.07) is 32.9. The van der Waals surface area contributed by atoms with Crippen LogP contribution in [0.25, 0.3) is 16.9 Å². The number of fused-ring (bicyclic) bond motifs is 2. The highest BCUT2D eigenvalue weighted by Gasteiger charge is 2.31. The molecule has 1 aliphatic rings. The van der Waals surface area contributed by atoms with Crippen LogP contribution in [0, 0.1) is 0 Å². The lowest BCUT2D eigenvalue weighted by molar-refractivity contribution is 0.891. The van der Waals surface area contributed by atoms with Gasteiger partial charge in [0.25, 0.3) is 0 Å². The van der Waals surface area contributed by atoms with Crippen LogP contribution in [0.5, 0.6) is 0 Å². The Kier molecular flexibility index (Phi) is 4.43. The average Bonchev–Trinajstić information content (AvgIpc) is 3.14. The van der Waals surface area contributed by atoms with Gasteiger partial charge in [-0.3, -0.25) is 4.98 Å². The van der Waals surface area contributed by atoms with Crippen LogP contribution >= 0.6 is 0 Å². The Morgan fingerprint density at radius 1 is 0.688 bits per heavy atom. The molecule has 0 amide bonds. The van der Waals surface area contributed by atoms with E-state index >= 15 is 0 Å². The molecule has 5 heteroatoms. The molecule has 2 N–H and O–H groups in total. The van der Waals surface area contributed by atoms with Crippen LogP contribution in [0.3, 0.4) is 0 Å². The SMILES string of the molecule is c1ccc(-c2nn(-c3ccccc3)c3c2C(c2ccncc2)Nc2ccccc2N3)cc1. The summed E-state index contributed by atoms with van der Waals surface area (Å²) in [5.41, 5.74) is 7.32. The smallest absolute Gasteiger partial charge is 0.140 e. The van der Waals surface area contributed by atoms with E-state index in [0.29, 0.717) is 0 Å². The van der Waals surface area contributed by atoms with Crippen molar-refractivity contribution in [3.05, 3.63) is 121 Å². The molecule has 0 aliphatic carbocycles. The Morgan fingerprint density at radius 2 is 1.34 bits per heavy atom. The molecule has 3 heterocycles. The van der Waals surface area contributed by atoms with Crippen molar-refractivity contribution in [1.82, 2.24) is 14.8 Å². The van der Waals surface area contributed by atoms with E-state index in [1.165, 1.54) is 0 Å². The second kappa shape index (κ2) is 7.71. The fraction of sp³-hybridized carbons (Fsp3) is 0.0370. The second-order valence-corrected chi connectivity index (χ2v) is 7.75. The number of benzene rings is 3. The summed E-state index contributed by atoms with van der Waals surface area (Å²) in [4.78, 5) is 4.23. The number of rotatable bonds is 3. The summed E-state index contributed by atoms with van der Waals surface area (Å²) in [6.07, 6.45) is 3.68. The highest BCUT2D eigenvalue weighted by atomic mass is 15.3. The highest BCUT2D eigenvalue weighted by molar-refractivity contribution is 5.83. The van der Waals surface area contributed by atoms with Crippen LogP contribution in [-0.4, -0.2) is 14.8 Å². The number of anilines is 3. The third-order valence-corrected chi connectivity index (χ3v) is 5.78. The zero-order valence-electron chi connectivity index (χ0n) is 17.3. The Balaban J connectivity index is 1.67. The van der Waals surface area contributed by atoms with Gasteiger partial charge in [-0.05, 0) is 42.0 Å². The molecule has 0 fully saturated rings. The number of aromatic nitrogens is 3. The Morgan fingerprint density at radius 3 is 2.09 bits per heavy atom. The van der Waals surface area contributed by atoms with E-state index in [4.69, 9.17) is 5.10 Å². The number of nitrogens with zero attached hydrogens (tertiary/aromatic N) is 3. The quantitative estimate of drug-likeness (QED) is 0.369. The predicted octanol–water partition coefficient (Wildman–Crippen LogP) is 6.19. The number of pyridine rings is 1. The zero-order valence-corrected chi connectivity index (χ0v) is 17.3. The third-order valence-electron chi connectivity index (χ3n) is 5.78. The lowest BCUT2D eigenvalue weighted by atomic mass is 9.96. The fourth-order valence-corrected chi connectivity index (χ4v) is 4.27. The summed E-state index contributed by atoms with van der Waals surface area (Å²) in [5, 5.41) is 12.6. The van der Waals surface area contributed by atoms with Gasteiger partial charge in [-0.1, -0.05) is 60.7 Å². The molecule has 0 saturated heterocycles. The van der Waals surface area contributed by atoms with E-state index in [1.807, 2.05) is 47.4 Å². The van der Waals surface area contributed by atoms with Gasteiger partial charge in [0.1, 0.15) is 11.5 Å². The monoisotopic (exact) mass is 415 g/mol. The lowest BCUT2D eigenvalue weighted by Gasteiger charge is -2.19. The summed E-state index contributed by atoms with van der Waals surface area (Å²) in [7, 11) is 0. The van der Waals surface area contributed by atoms with Crippen LogP contribution < -0.4 is 10.6 Å². The van der Waals surface area contributed by atoms with Gasteiger partial charge in [-0.25, -0.2) is 4.68 Å². The Labute approximate surface area is 186 Å². The molecule has 5 nitrogen and oxygen atoms in total. The van der Waals surface area contributed by atoms with Gasteiger partial charge in [-0.2, -0.15) is 5.10 Å². The van der Waals surface area contributed by atoms with Crippen molar-refractivity contribution in [2.45, 2.75) is 6.04 Å². The molecular formula is C27H21N5. The van der Waals surface area contributed by atoms with E-state index < -0.39 is 0 Å². The van der Waals surface area contributed by atoms with E-state index in [9.17, 15) is 0 Å². The first-order valence-corrected chi connectivity index (χ1v) is 10.6. The van der Waals surface area contributed by atoms with Gasteiger partial charge in [0, 0.05) is 23.5 Å². The summed E-state index contributed by atoms with van der Waals surface area (Å²) in [6.45, 7) is 0. The van der Waals surface area contributed by atoms with Crippen molar-refractivity contribution in [3.63, 3.8) is 0 Å². The van der Waals surface area contributed by atoms with Crippen molar-refractivity contribution >= 4 is 17.2 Å². The van der Waals surface area contributed by atoms with Crippen molar-refractivity contribution in [1.29, 1.82) is 0 Å². The molecule has 0 radical (unpaired) electrons. The van der Waals surface area contributed by atoms with E-state index in [0.717, 1.165) is 45.3 Å². The zero-order chi connectivity index (χ0) is 21.3. The van der Waals surface area contributed by atoms with Gasteiger partial charge < -0.3 is 10.6 Å². The van der Waals surface area contributed by atoms with Gasteiger partial charge >= 0.3 is 0 Å². The first-order chi connectivity index (χ1) is 15.9. The molecule has 1 atom stereocenters. The Bertz CT molecular complexity index is 1360. The number of nitrogens with one attached hydrogen (secondary N) is 2. The number of para-hydroxylation sites is 3. The molecule has 32 heavy (non-hydrogen) atoms. The van der Waals surface area contributed by atoms with Crippen LogP contribution in [0.4, 0.5) is 17.2 Å². The van der Waals surface area contributed by atoms with Crippen molar-refractivity contribution < 1.29 is 0 Å². The van der Waals surface area contributed by atoms with Crippen LogP contribution in [0.2, 0.25) is 0 Å². The molecule has 1 aliphatic heterocycles. The first-order valence-electron chi connectivity index (χ1n) is 10.6. The van der Waals surface area contributed by atoms with Crippen molar-refractivity contribution in [2.24, 2.45) is 0 Å². The van der Waals surface area contributed by atoms with Gasteiger partial charge in [0.15, 0.2) is 0 Å². The van der Waals surface area contributed by atoms with Crippen LogP contribution in [-0.2, 0) is 0 Å². The molecule has 1 unspecified atom stereocenters. The fourth-order valence-electron chi connectivity index (χ4n) is 4.27. The first kappa shape index (κ1) is 18.4. The molecule has 0 saturated carbocycles. The summed E-state index contributed by atoms with van der Waals surface area (Å²) in [5.74, 6) is 0.953. The Hall–Kier alpha value is -4.38. The predicted molar refractivity (Wildman–Crippen MR) is 128 cm³/mol. The standard InChI is InChI=1S/C27H21N5/c1-3-9-19(10-4-1)26-24-25(20-15-17-28-18-16-20)29-22-13-7-8-14-23(22)30-27(24)32(31-26)21-11-5-2-6-12-21/h1-18,25,29-30H. The van der Waals surface area contributed by atoms with E-state index in [-0.39, 0.29) is 6.04 Å². The normalized spacial score (nSPS) is 14.4. The van der Waals surface area contributed by atoms with Crippen molar-refractivity contribution in [3.8, 4) is 16.9 Å². The topological polar surface area (TPSA) is 54.8 Å². The summed E-state index contributed by atoms with van der Waals surface area (Å²) >= 11 is 0. The average molecular weight is 416 g/mol. The van der Waals surface area contributed by atoms with Crippen LogP contribution in [0.15, 0.2) is 109 Å². The molecule has 0 spiro atoms.